The Labute approximate surface area is 133 Å². The Morgan fingerprint density at radius 1 is 1.12 bits per heavy atom. The number of fused-ring (bicyclic) bond motifs is 1. The Kier molecular flexibility index (Phi) is 3.95. The average molecular weight is 333 g/mol. The number of nitro benzene ring substituents is 1. The van der Waals surface area contributed by atoms with Crippen LogP contribution >= 0.6 is 0 Å². The highest BCUT2D eigenvalue weighted by Gasteiger charge is 2.17. The van der Waals surface area contributed by atoms with Gasteiger partial charge in [-0.05, 0) is 36.4 Å². The Balaban J connectivity index is 1.89. The monoisotopic (exact) mass is 333 g/mol. The van der Waals surface area contributed by atoms with Gasteiger partial charge < -0.3 is 9.15 Å². The van der Waals surface area contributed by atoms with Gasteiger partial charge in [0, 0.05) is 23.1 Å². The highest BCUT2D eigenvalue weighted by atomic mass is 19.3. The van der Waals surface area contributed by atoms with Crippen molar-refractivity contribution in [2.45, 2.75) is 6.61 Å². The molecule has 0 saturated heterocycles. The first kappa shape index (κ1) is 15.6. The van der Waals surface area contributed by atoms with Crippen LogP contribution in [0.4, 0.5) is 14.5 Å². The summed E-state index contributed by atoms with van der Waals surface area (Å²) in [6.45, 7) is -2.95. The van der Waals surface area contributed by atoms with Gasteiger partial charge in [-0.25, -0.2) is 0 Å². The summed E-state index contributed by atoms with van der Waals surface area (Å²) in [5, 5.41) is 11.2. The molecule has 122 valence electrons. The summed E-state index contributed by atoms with van der Waals surface area (Å²) in [7, 11) is 0. The van der Waals surface area contributed by atoms with E-state index in [0.717, 1.165) is 0 Å². The van der Waals surface area contributed by atoms with Crippen molar-refractivity contribution in [3.8, 4) is 5.75 Å². The summed E-state index contributed by atoms with van der Waals surface area (Å²) in [6.07, 6.45) is 0. The van der Waals surface area contributed by atoms with Gasteiger partial charge in [0.2, 0.25) is 5.78 Å². The third kappa shape index (κ3) is 3.07. The largest absolute Gasteiger partial charge is 0.453 e. The molecule has 0 radical (unpaired) electrons. The summed E-state index contributed by atoms with van der Waals surface area (Å²) in [5.41, 5.74) is 0.433. The third-order valence-electron chi connectivity index (χ3n) is 3.28. The van der Waals surface area contributed by atoms with E-state index in [1.54, 1.807) is 0 Å². The van der Waals surface area contributed by atoms with Gasteiger partial charge in [-0.3, -0.25) is 14.9 Å². The average Bonchev–Trinajstić information content (AvgIpc) is 2.97. The first-order valence-electron chi connectivity index (χ1n) is 6.71. The van der Waals surface area contributed by atoms with E-state index in [1.807, 2.05) is 0 Å². The van der Waals surface area contributed by atoms with Crippen LogP contribution in [0, 0.1) is 10.1 Å². The van der Waals surface area contributed by atoms with Gasteiger partial charge >= 0.3 is 6.61 Å². The molecule has 0 N–H and O–H groups in total. The quantitative estimate of drug-likeness (QED) is 0.397. The summed E-state index contributed by atoms with van der Waals surface area (Å²) in [5.74, 6) is -0.549. The second kappa shape index (κ2) is 6.07. The van der Waals surface area contributed by atoms with Crippen LogP contribution < -0.4 is 4.74 Å². The van der Waals surface area contributed by atoms with Crippen LogP contribution in [0.25, 0.3) is 11.0 Å². The number of halogens is 2. The second-order valence-electron chi connectivity index (χ2n) is 4.82. The first-order chi connectivity index (χ1) is 11.4. The fourth-order valence-electron chi connectivity index (χ4n) is 2.19. The molecule has 24 heavy (non-hydrogen) atoms. The van der Waals surface area contributed by atoms with Crippen molar-refractivity contribution < 1.29 is 27.7 Å². The molecular weight excluding hydrogens is 324 g/mol. The fourth-order valence-corrected chi connectivity index (χ4v) is 2.19. The molecule has 0 unspecified atom stereocenters. The molecule has 0 amide bonds. The molecule has 0 aliphatic carbocycles. The Hall–Kier alpha value is -3.29. The molecule has 3 rings (SSSR count). The molecule has 1 heterocycles. The molecule has 1 aromatic heterocycles. The van der Waals surface area contributed by atoms with E-state index in [2.05, 4.69) is 4.74 Å². The molecule has 0 atom stereocenters. The predicted octanol–water partition coefficient (Wildman–Crippen LogP) is 4.17. The number of non-ortho nitro benzene ring substituents is 1. The first-order valence-corrected chi connectivity index (χ1v) is 6.71. The number of carbonyl (C=O) groups is 1. The topological polar surface area (TPSA) is 82.6 Å². The highest BCUT2D eigenvalue weighted by molar-refractivity contribution is 6.09. The molecule has 0 aliphatic heterocycles. The van der Waals surface area contributed by atoms with Crippen molar-refractivity contribution in [1.82, 2.24) is 0 Å². The molecule has 0 spiro atoms. The maximum atomic E-state index is 12.4. The minimum atomic E-state index is -2.95. The summed E-state index contributed by atoms with van der Waals surface area (Å²) in [6, 6.07) is 10.5. The lowest BCUT2D eigenvalue weighted by atomic mass is 10.1. The number of benzene rings is 2. The van der Waals surface area contributed by atoms with Crippen molar-refractivity contribution in [3.63, 3.8) is 0 Å². The van der Waals surface area contributed by atoms with E-state index in [-0.39, 0.29) is 22.8 Å². The number of rotatable bonds is 5. The zero-order chi connectivity index (χ0) is 17.3. The van der Waals surface area contributed by atoms with Gasteiger partial charge in [-0.15, -0.1) is 0 Å². The van der Waals surface area contributed by atoms with Crippen LogP contribution in [0.3, 0.4) is 0 Å². The number of alkyl halides is 2. The van der Waals surface area contributed by atoms with Crippen molar-refractivity contribution in [3.05, 3.63) is 70.0 Å². The Bertz CT molecular complexity index is 918. The van der Waals surface area contributed by atoms with Crippen molar-refractivity contribution in [2.75, 3.05) is 0 Å². The van der Waals surface area contributed by atoms with Gasteiger partial charge in [0.15, 0.2) is 5.76 Å². The molecule has 8 heteroatoms. The van der Waals surface area contributed by atoms with Gasteiger partial charge in [-0.2, -0.15) is 8.78 Å². The number of nitrogens with zero attached hydrogens (tertiary/aromatic N) is 1. The predicted molar refractivity (Wildman–Crippen MR) is 79.4 cm³/mol. The normalized spacial score (nSPS) is 11.0. The van der Waals surface area contributed by atoms with Gasteiger partial charge in [0.05, 0.1) is 4.92 Å². The molecule has 6 nitrogen and oxygen atoms in total. The van der Waals surface area contributed by atoms with E-state index in [4.69, 9.17) is 4.42 Å². The SMILES string of the molecule is O=C(c1ccc(OC(F)F)cc1)c1cc2cc([N+](=O)[O-])ccc2o1. The maximum absolute atomic E-state index is 12.4. The van der Waals surface area contributed by atoms with E-state index in [1.165, 1.54) is 48.5 Å². The standard InChI is InChI=1S/C16H9F2NO5/c17-16(18)23-12-4-1-9(2-5-12)15(20)14-8-10-7-11(19(21)22)3-6-13(10)24-14/h1-8,16H. The minimum Gasteiger partial charge on any atom is -0.453 e. The van der Waals surface area contributed by atoms with E-state index in [0.29, 0.717) is 11.0 Å². The number of hydrogen-bond donors (Lipinski definition) is 0. The Morgan fingerprint density at radius 2 is 1.83 bits per heavy atom. The lowest BCUT2D eigenvalue weighted by molar-refractivity contribution is -0.384. The lowest BCUT2D eigenvalue weighted by Crippen LogP contribution is -2.03. The number of ketones is 1. The molecule has 0 fully saturated rings. The van der Waals surface area contributed by atoms with Crippen molar-refractivity contribution in [1.29, 1.82) is 0 Å². The van der Waals surface area contributed by atoms with Crippen LogP contribution in [0.5, 0.6) is 5.75 Å². The van der Waals surface area contributed by atoms with Crippen LogP contribution in [0.2, 0.25) is 0 Å². The summed E-state index contributed by atoms with van der Waals surface area (Å²) < 4.78 is 33.8. The van der Waals surface area contributed by atoms with Crippen LogP contribution in [0.15, 0.2) is 52.9 Å². The molecule has 2 aromatic carbocycles. The van der Waals surface area contributed by atoms with Crippen LogP contribution in [-0.2, 0) is 0 Å². The zero-order valence-corrected chi connectivity index (χ0v) is 11.9. The zero-order valence-electron chi connectivity index (χ0n) is 11.9. The molecule has 0 bridgehead atoms. The number of carbonyl (C=O) groups excluding carboxylic acids is 1. The number of furan rings is 1. The number of ether oxygens (including phenoxy) is 1. The molecule has 0 aliphatic rings. The highest BCUT2D eigenvalue weighted by Crippen LogP contribution is 2.26. The summed E-state index contributed by atoms with van der Waals surface area (Å²) >= 11 is 0. The molecule has 0 saturated carbocycles. The van der Waals surface area contributed by atoms with Gasteiger partial charge in [0.1, 0.15) is 11.3 Å². The van der Waals surface area contributed by atoms with Crippen LogP contribution in [0.1, 0.15) is 16.1 Å². The third-order valence-corrected chi connectivity index (χ3v) is 3.28. The van der Waals surface area contributed by atoms with Gasteiger partial charge in [0.25, 0.3) is 5.69 Å². The number of nitro groups is 1. The molecule has 3 aromatic rings. The lowest BCUT2D eigenvalue weighted by Gasteiger charge is -2.04. The van der Waals surface area contributed by atoms with Crippen LogP contribution in [-0.4, -0.2) is 17.3 Å². The van der Waals surface area contributed by atoms with E-state index in [9.17, 15) is 23.7 Å². The molecular formula is C16H9F2NO5. The van der Waals surface area contributed by atoms with E-state index < -0.39 is 17.3 Å². The smallest absolute Gasteiger partial charge is 0.387 e. The van der Waals surface area contributed by atoms with Gasteiger partial charge in [-0.1, -0.05) is 0 Å². The second-order valence-corrected chi connectivity index (χ2v) is 4.82. The van der Waals surface area contributed by atoms with Crippen molar-refractivity contribution in [2.24, 2.45) is 0 Å². The summed E-state index contributed by atoms with van der Waals surface area (Å²) in [4.78, 5) is 22.6. The minimum absolute atomic E-state index is 0.00646. The Morgan fingerprint density at radius 3 is 2.46 bits per heavy atom. The fraction of sp³-hybridized carbons (Fsp3) is 0.0625. The number of hydrogen-bond acceptors (Lipinski definition) is 5. The maximum Gasteiger partial charge on any atom is 0.387 e. The van der Waals surface area contributed by atoms with Crippen molar-refractivity contribution >= 4 is 22.4 Å². The van der Waals surface area contributed by atoms with E-state index >= 15 is 0 Å².